The Balaban J connectivity index is 0.00000338. The van der Waals surface area contributed by atoms with Crippen LogP contribution in [0.3, 0.4) is 0 Å². The lowest BCUT2D eigenvalue weighted by atomic mass is 10.1. The van der Waals surface area contributed by atoms with Gasteiger partial charge in [-0.05, 0) is 50.4 Å². The van der Waals surface area contributed by atoms with E-state index >= 15 is 0 Å². The van der Waals surface area contributed by atoms with Gasteiger partial charge >= 0.3 is 0 Å². The van der Waals surface area contributed by atoms with Crippen molar-refractivity contribution in [3.05, 3.63) is 23.2 Å². The van der Waals surface area contributed by atoms with Gasteiger partial charge in [-0.1, -0.05) is 18.5 Å². The minimum absolute atomic E-state index is 0. The van der Waals surface area contributed by atoms with Crippen LogP contribution >= 0.6 is 24.0 Å². The number of halogens is 2. The molecule has 1 aromatic carbocycles. The van der Waals surface area contributed by atoms with Gasteiger partial charge in [-0.2, -0.15) is 0 Å². The lowest BCUT2D eigenvalue weighted by Gasteiger charge is -2.23. The highest BCUT2D eigenvalue weighted by Gasteiger charge is 2.21. The van der Waals surface area contributed by atoms with Crippen LogP contribution in [0.5, 0.6) is 5.75 Å². The first-order valence-corrected chi connectivity index (χ1v) is 10.6. The van der Waals surface area contributed by atoms with E-state index in [1.54, 1.807) is 12.1 Å². The minimum Gasteiger partial charge on any atom is -0.489 e. The summed E-state index contributed by atoms with van der Waals surface area (Å²) < 4.78 is 39.1. The zero-order chi connectivity index (χ0) is 18.1. The molecule has 9 heteroatoms. The highest BCUT2D eigenvalue weighted by atomic mass is 35.5. The molecule has 1 heterocycles. The van der Waals surface area contributed by atoms with E-state index in [9.17, 15) is 8.42 Å². The Morgan fingerprint density at radius 2 is 2.08 bits per heavy atom. The van der Waals surface area contributed by atoms with Gasteiger partial charge in [-0.15, -0.1) is 12.4 Å². The van der Waals surface area contributed by atoms with Gasteiger partial charge in [0.05, 0.1) is 6.10 Å². The van der Waals surface area contributed by atoms with Gasteiger partial charge in [0.25, 0.3) is 0 Å². The number of rotatable bonds is 10. The molecule has 0 aromatic heterocycles. The molecule has 6 nitrogen and oxygen atoms in total. The summed E-state index contributed by atoms with van der Waals surface area (Å²) in [5.74, 6) is 0.299. The minimum atomic E-state index is -3.69. The van der Waals surface area contributed by atoms with Crippen LogP contribution in [-0.4, -0.2) is 47.4 Å². The molecule has 1 saturated heterocycles. The monoisotopic (exact) mass is 426 g/mol. The van der Waals surface area contributed by atoms with Crippen LogP contribution in [-0.2, 0) is 14.8 Å². The van der Waals surface area contributed by atoms with Crippen molar-refractivity contribution >= 4 is 34.0 Å². The molecule has 2 rings (SSSR count). The third-order valence-corrected chi connectivity index (χ3v) is 5.63. The highest BCUT2D eigenvalue weighted by Crippen LogP contribution is 2.28. The van der Waals surface area contributed by atoms with Crippen molar-refractivity contribution in [1.82, 2.24) is 10.0 Å². The van der Waals surface area contributed by atoms with Gasteiger partial charge < -0.3 is 14.8 Å². The molecule has 2 N–H and O–H groups in total. The van der Waals surface area contributed by atoms with Crippen molar-refractivity contribution in [3.63, 3.8) is 0 Å². The fourth-order valence-electron chi connectivity index (χ4n) is 2.59. The smallest absolute Gasteiger partial charge is 0.244 e. The summed E-state index contributed by atoms with van der Waals surface area (Å²) in [6.07, 6.45) is 4.10. The van der Waals surface area contributed by atoms with Gasteiger partial charge in [0.15, 0.2) is 0 Å². The van der Waals surface area contributed by atoms with E-state index in [4.69, 9.17) is 21.1 Å². The molecular weight excluding hydrogens is 399 g/mol. The molecular formula is C17H28Cl2N2O4S. The summed E-state index contributed by atoms with van der Waals surface area (Å²) in [6.45, 7) is 4.85. The fraction of sp³-hybridized carbons (Fsp3) is 0.647. The molecule has 26 heavy (non-hydrogen) atoms. The van der Waals surface area contributed by atoms with E-state index in [1.807, 2.05) is 0 Å². The fourth-order valence-corrected chi connectivity index (χ4v) is 4.02. The second kappa shape index (κ2) is 12.0. The Labute approximate surface area is 167 Å². The Hall–Kier alpha value is -0.570. The molecule has 0 aliphatic carbocycles. The number of hydrogen-bond donors (Lipinski definition) is 2. The van der Waals surface area contributed by atoms with Crippen LogP contribution in [0.1, 0.15) is 32.6 Å². The van der Waals surface area contributed by atoms with E-state index in [2.05, 4.69) is 17.0 Å². The number of nitrogens with one attached hydrogen (secondary N) is 2. The lowest BCUT2D eigenvalue weighted by Crippen LogP contribution is -2.32. The van der Waals surface area contributed by atoms with Crippen molar-refractivity contribution in [2.75, 3.05) is 32.8 Å². The van der Waals surface area contributed by atoms with Crippen LogP contribution in [0.4, 0.5) is 0 Å². The molecule has 0 spiro atoms. The molecule has 0 amide bonds. The lowest BCUT2D eigenvalue weighted by molar-refractivity contribution is -0.0116. The first-order chi connectivity index (χ1) is 12.0. The van der Waals surface area contributed by atoms with Crippen molar-refractivity contribution < 1.29 is 17.9 Å². The topological polar surface area (TPSA) is 76.7 Å². The summed E-state index contributed by atoms with van der Waals surface area (Å²) in [7, 11) is -3.69. The van der Waals surface area contributed by atoms with E-state index in [0.29, 0.717) is 30.5 Å². The number of benzene rings is 1. The molecule has 1 fully saturated rings. The SMILES string of the molecule is CCCNCCNS(=O)(=O)c1cc(Cl)ccc1OCC1CCCCO1.Cl. The second-order valence-electron chi connectivity index (χ2n) is 6.04. The van der Waals surface area contributed by atoms with Gasteiger partial charge in [-0.25, -0.2) is 13.1 Å². The first-order valence-electron chi connectivity index (χ1n) is 8.77. The standard InChI is InChI=1S/C17H27ClN2O4S.ClH/c1-2-8-19-9-10-20-25(21,22)17-12-14(18)6-7-16(17)24-13-15-5-3-4-11-23-15;/h6-7,12,15,19-20H,2-5,8-11,13H2,1H3;1H. The molecule has 1 aromatic rings. The average molecular weight is 427 g/mol. The average Bonchev–Trinajstić information content (AvgIpc) is 2.61. The number of hydrogen-bond acceptors (Lipinski definition) is 5. The number of ether oxygens (including phenoxy) is 2. The van der Waals surface area contributed by atoms with Gasteiger partial charge in [0.1, 0.15) is 17.3 Å². The van der Waals surface area contributed by atoms with E-state index in [1.165, 1.54) is 6.07 Å². The molecule has 1 atom stereocenters. The second-order valence-corrected chi connectivity index (χ2v) is 8.21. The van der Waals surface area contributed by atoms with Gasteiger partial charge in [-0.3, -0.25) is 0 Å². The Bertz CT molecular complexity index is 638. The van der Waals surface area contributed by atoms with Crippen LogP contribution in [0.25, 0.3) is 0 Å². The van der Waals surface area contributed by atoms with Crippen LogP contribution in [0.2, 0.25) is 5.02 Å². The molecule has 0 radical (unpaired) electrons. The third-order valence-electron chi connectivity index (χ3n) is 3.91. The molecule has 1 aliphatic rings. The zero-order valence-electron chi connectivity index (χ0n) is 15.0. The van der Waals surface area contributed by atoms with Crippen molar-refractivity contribution in [3.8, 4) is 5.75 Å². The normalized spacial score (nSPS) is 17.5. The highest BCUT2D eigenvalue weighted by molar-refractivity contribution is 7.89. The first kappa shape index (κ1) is 23.5. The van der Waals surface area contributed by atoms with Crippen molar-refractivity contribution in [1.29, 1.82) is 0 Å². The Morgan fingerprint density at radius 3 is 2.77 bits per heavy atom. The summed E-state index contributed by atoms with van der Waals surface area (Å²) in [5.41, 5.74) is 0. The van der Waals surface area contributed by atoms with Gasteiger partial charge in [0.2, 0.25) is 10.0 Å². The summed E-state index contributed by atoms with van der Waals surface area (Å²) >= 11 is 5.99. The Kier molecular flexibility index (Phi) is 10.8. The third kappa shape index (κ3) is 7.58. The number of sulfonamides is 1. The maximum absolute atomic E-state index is 12.6. The zero-order valence-corrected chi connectivity index (χ0v) is 17.4. The molecule has 0 saturated carbocycles. The maximum Gasteiger partial charge on any atom is 0.244 e. The van der Waals surface area contributed by atoms with Crippen LogP contribution in [0.15, 0.2) is 23.1 Å². The molecule has 1 unspecified atom stereocenters. The van der Waals surface area contributed by atoms with Crippen LogP contribution in [0, 0.1) is 0 Å². The predicted octanol–water partition coefficient (Wildman–Crippen LogP) is 2.99. The largest absolute Gasteiger partial charge is 0.489 e. The molecule has 0 bridgehead atoms. The molecule has 1 aliphatic heterocycles. The summed E-state index contributed by atoms with van der Waals surface area (Å²) in [4.78, 5) is 0.0614. The predicted molar refractivity (Wildman–Crippen MR) is 106 cm³/mol. The quantitative estimate of drug-likeness (QED) is 0.562. The Morgan fingerprint density at radius 1 is 1.27 bits per heavy atom. The molecule has 150 valence electrons. The van der Waals surface area contributed by atoms with E-state index < -0.39 is 10.0 Å². The van der Waals surface area contributed by atoms with Crippen molar-refractivity contribution in [2.24, 2.45) is 0 Å². The van der Waals surface area contributed by atoms with Crippen molar-refractivity contribution in [2.45, 2.75) is 43.6 Å². The van der Waals surface area contributed by atoms with E-state index in [0.717, 1.165) is 38.8 Å². The maximum atomic E-state index is 12.6. The van der Waals surface area contributed by atoms with Crippen LogP contribution < -0.4 is 14.8 Å². The summed E-state index contributed by atoms with van der Waals surface area (Å²) in [5, 5.41) is 3.51. The van der Waals surface area contributed by atoms with E-state index in [-0.39, 0.29) is 23.4 Å². The summed E-state index contributed by atoms with van der Waals surface area (Å²) in [6, 6.07) is 4.63. The van der Waals surface area contributed by atoms with Gasteiger partial charge in [0, 0.05) is 24.7 Å².